The normalized spacial score (nSPS) is 46.8. The topological polar surface area (TPSA) is 79.6 Å². The number of amides is 2. The van der Waals surface area contributed by atoms with E-state index in [1.165, 1.54) is 0 Å². The van der Waals surface area contributed by atoms with Crippen LogP contribution < -0.4 is 10.6 Å². The van der Waals surface area contributed by atoms with Gasteiger partial charge in [0.1, 0.15) is 5.78 Å². The van der Waals surface area contributed by atoms with Gasteiger partial charge in [0.25, 0.3) is 0 Å². The fourth-order valence-electron chi connectivity index (χ4n) is 10.8. The average molecular weight is 522 g/mol. The van der Waals surface area contributed by atoms with Gasteiger partial charge in [-0.1, -0.05) is 54.5 Å². The number of urea groups is 1. The first-order valence-electron chi connectivity index (χ1n) is 14.7. The summed E-state index contributed by atoms with van der Waals surface area (Å²) in [4.78, 5) is 44.1. The third kappa shape index (κ3) is 3.38. The van der Waals surface area contributed by atoms with Crippen molar-refractivity contribution in [3.05, 3.63) is 23.2 Å². The first kappa shape index (κ1) is 27.4. The minimum absolute atomic E-state index is 0.0445. The SMILES string of the molecule is [C-]#[N+]C1=C[C@]2(C)[C@H]3CC(=O)[C@@H]4[C@@H]5CC(C)(C)CC[C@]5(NC(=O)NC)CC[C@@]4(C)[C@]3(C)CC[C@H]2C(C)(C)C1=O. The molecule has 5 aliphatic carbocycles. The number of hydrogen-bond acceptors (Lipinski definition) is 3. The van der Waals surface area contributed by atoms with E-state index in [9.17, 15) is 14.4 Å². The van der Waals surface area contributed by atoms with Crippen molar-refractivity contribution in [3.63, 3.8) is 0 Å². The number of Topliss-reactive ketones (excluding diaryl/α,β-unsaturated/α-hetero) is 2. The molecule has 0 aromatic heterocycles. The van der Waals surface area contributed by atoms with Gasteiger partial charge in [0.05, 0.1) is 6.57 Å². The Morgan fingerprint density at radius 1 is 0.947 bits per heavy atom. The average Bonchev–Trinajstić information content (AvgIpc) is 2.83. The van der Waals surface area contributed by atoms with Crippen LogP contribution in [0, 0.1) is 57.3 Å². The Hall–Kier alpha value is -2.16. The maximum Gasteiger partial charge on any atom is 0.314 e. The second-order valence-electron chi connectivity index (χ2n) is 15.5. The number of fused-ring (bicyclic) bond motifs is 7. The maximum atomic E-state index is 14.5. The molecule has 4 fully saturated rings. The van der Waals surface area contributed by atoms with Crippen LogP contribution in [0.15, 0.2) is 11.8 Å². The molecule has 8 atom stereocenters. The van der Waals surface area contributed by atoms with Crippen molar-refractivity contribution in [1.29, 1.82) is 0 Å². The monoisotopic (exact) mass is 521 g/mol. The van der Waals surface area contributed by atoms with Gasteiger partial charge in [-0.2, -0.15) is 0 Å². The molecule has 0 saturated heterocycles. The van der Waals surface area contributed by atoms with E-state index >= 15 is 0 Å². The molecule has 0 bridgehead atoms. The zero-order valence-electron chi connectivity index (χ0n) is 24.7. The number of carbonyl (C=O) groups is 3. The smallest absolute Gasteiger partial charge is 0.314 e. The van der Waals surface area contributed by atoms with Crippen LogP contribution in [0.25, 0.3) is 4.85 Å². The molecule has 0 aliphatic heterocycles. The van der Waals surface area contributed by atoms with Gasteiger partial charge in [-0.3, -0.25) is 4.79 Å². The number of rotatable bonds is 1. The van der Waals surface area contributed by atoms with E-state index in [2.05, 4.69) is 50.1 Å². The molecule has 0 heterocycles. The summed E-state index contributed by atoms with van der Waals surface area (Å²) in [7, 11) is 1.67. The Bertz CT molecular complexity index is 1160. The van der Waals surface area contributed by atoms with Crippen LogP contribution in [0.3, 0.4) is 0 Å². The van der Waals surface area contributed by atoms with Gasteiger partial charge in [0.2, 0.25) is 5.70 Å². The van der Waals surface area contributed by atoms with Gasteiger partial charge in [0, 0.05) is 30.3 Å². The second kappa shape index (κ2) is 8.18. The van der Waals surface area contributed by atoms with Crippen molar-refractivity contribution in [3.8, 4) is 0 Å². The van der Waals surface area contributed by atoms with Crippen LogP contribution in [0.5, 0.6) is 0 Å². The number of nitrogens with zero attached hydrogens (tertiary/aromatic N) is 1. The number of ketones is 2. The predicted octanol–water partition coefficient (Wildman–Crippen LogP) is 6.32. The van der Waals surface area contributed by atoms with E-state index in [1.54, 1.807) is 7.05 Å². The highest BCUT2D eigenvalue weighted by molar-refractivity contribution is 6.02. The summed E-state index contributed by atoms with van der Waals surface area (Å²) >= 11 is 0. The molecule has 0 spiro atoms. The van der Waals surface area contributed by atoms with E-state index in [-0.39, 0.29) is 68.4 Å². The van der Waals surface area contributed by atoms with Crippen LogP contribution >= 0.6 is 0 Å². The molecule has 0 aromatic carbocycles. The van der Waals surface area contributed by atoms with Crippen LogP contribution in [0.1, 0.15) is 99.8 Å². The molecule has 5 aliphatic rings. The highest BCUT2D eigenvalue weighted by atomic mass is 16.2. The van der Waals surface area contributed by atoms with Crippen LogP contribution in [-0.2, 0) is 9.59 Å². The van der Waals surface area contributed by atoms with Crippen LogP contribution in [0.4, 0.5) is 4.79 Å². The third-order valence-corrected chi connectivity index (χ3v) is 13.0. The van der Waals surface area contributed by atoms with Crippen molar-refractivity contribution in [2.45, 2.75) is 105 Å². The Kier molecular flexibility index (Phi) is 5.90. The molecule has 0 radical (unpaired) electrons. The largest absolute Gasteiger partial charge is 0.341 e. The minimum Gasteiger partial charge on any atom is -0.341 e. The third-order valence-electron chi connectivity index (χ3n) is 13.0. The quantitative estimate of drug-likeness (QED) is 0.396. The van der Waals surface area contributed by atoms with Crippen molar-refractivity contribution in [1.82, 2.24) is 10.6 Å². The van der Waals surface area contributed by atoms with Crippen LogP contribution in [-0.4, -0.2) is 30.2 Å². The zero-order chi connectivity index (χ0) is 28.1. The second-order valence-corrected chi connectivity index (χ2v) is 15.5. The molecule has 5 rings (SSSR count). The standard InChI is InChI=1S/C32H47N3O3/c1-27(2)12-14-32(35-26(38)34-9)15-13-31(7)24(19(32)17-27)21(36)16-23-29(5)18-20(33-8)25(37)28(3,4)22(29)10-11-30(23,31)6/h18-19,22-24H,10-17H2,1-7,9H3,(H2,34,35,38)/t19-,22-,23+,24-,29-,30+,31+,32-/m0/s1. The van der Waals surface area contributed by atoms with Crippen molar-refractivity contribution < 1.29 is 14.4 Å². The molecular weight excluding hydrogens is 474 g/mol. The number of hydrogen-bond donors (Lipinski definition) is 2. The lowest BCUT2D eigenvalue weighted by Crippen LogP contribution is -2.72. The van der Waals surface area contributed by atoms with Crippen molar-refractivity contribution in [2.24, 2.45) is 50.7 Å². The van der Waals surface area contributed by atoms with E-state index < -0.39 is 5.41 Å². The summed E-state index contributed by atoms with van der Waals surface area (Å²) in [5, 5.41) is 6.15. The Labute approximate surface area is 229 Å². The first-order chi connectivity index (χ1) is 17.5. The zero-order valence-corrected chi connectivity index (χ0v) is 24.7. The molecular formula is C32H47N3O3. The molecule has 0 aromatic rings. The molecule has 6 nitrogen and oxygen atoms in total. The fourth-order valence-corrected chi connectivity index (χ4v) is 10.8. The van der Waals surface area contributed by atoms with Gasteiger partial charge in [-0.15, -0.1) is 0 Å². The first-order valence-corrected chi connectivity index (χ1v) is 14.7. The summed E-state index contributed by atoms with van der Waals surface area (Å²) in [6.07, 6.45) is 9.05. The molecule has 208 valence electrons. The highest BCUT2D eigenvalue weighted by Gasteiger charge is 2.72. The van der Waals surface area contributed by atoms with E-state index in [4.69, 9.17) is 6.57 Å². The molecule has 0 unspecified atom stereocenters. The molecule has 38 heavy (non-hydrogen) atoms. The summed E-state index contributed by atoms with van der Waals surface area (Å²) in [6, 6.07) is -0.149. The molecule has 2 N–H and O–H groups in total. The Morgan fingerprint density at radius 2 is 1.61 bits per heavy atom. The van der Waals surface area contributed by atoms with E-state index in [1.807, 2.05) is 19.9 Å². The molecule has 4 saturated carbocycles. The number of carbonyl (C=O) groups excluding carboxylic acids is 3. The summed E-state index contributed by atoms with van der Waals surface area (Å²) in [5.74, 6) is 0.494. The van der Waals surface area contributed by atoms with Crippen molar-refractivity contribution in [2.75, 3.05) is 7.05 Å². The maximum absolute atomic E-state index is 14.5. The summed E-state index contributed by atoms with van der Waals surface area (Å²) in [6.45, 7) is 23.4. The summed E-state index contributed by atoms with van der Waals surface area (Å²) < 4.78 is 0. The number of allylic oxidation sites excluding steroid dienone is 2. The molecule has 2 amide bonds. The van der Waals surface area contributed by atoms with Crippen LogP contribution in [0.2, 0.25) is 0 Å². The highest BCUT2D eigenvalue weighted by Crippen LogP contribution is 2.74. The van der Waals surface area contributed by atoms with E-state index in [0.717, 1.165) is 44.9 Å². The Balaban J connectivity index is 1.62. The molecule has 6 heteroatoms. The lowest BCUT2D eigenvalue weighted by atomic mass is 9.32. The minimum atomic E-state index is -0.613. The lowest BCUT2D eigenvalue weighted by Gasteiger charge is -2.72. The lowest BCUT2D eigenvalue weighted by molar-refractivity contribution is -0.214. The number of nitrogens with one attached hydrogen (secondary N) is 2. The Morgan fingerprint density at radius 3 is 2.24 bits per heavy atom. The van der Waals surface area contributed by atoms with Gasteiger partial charge >= 0.3 is 6.03 Å². The van der Waals surface area contributed by atoms with Crippen molar-refractivity contribution >= 4 is 17.6 Å². The van der Waals surface area contributed by atoms with Gasteiger partial charge in [-0.05, 0) is 84.4 Å². The fraction of sp³-hybridized carbons (Fsp3) is 0.812. The van der Waals surface area contributed by atoms with Gasteiger partial charge in [-0.25, -0.2) is 9.64 Å². The predicted molar refractivity (Wildman–Crippen MR) is 148 cm³/mol. The van der Waals surface area contributed by atoms with E-state index in [0.29, 0.717) is 12.2 Å². The van der Waals surface area contributed by atoms with Gasteiger partial charge in [0.15, 0.2) is 5.78 Å². The van der Waals surface area contributed by atoms with Gasteiger partial charge < -0.3 is 15.4 Å². The summed E-state index contributed by atoms with van der Waals surface area (Å²) in [5.41, 5.74) is -1.27.